The molecule has 0 atom stereocenters. The molecule has 0 radical (unpaired) electrons. The van der Waals surface area contributed by atoms with E-state index < -0.39 is 0 Å². The molecule has 0 bridgehead atoms. The number of nitrogens with zero attached hydrogens (tertiary/aromatic N) is 3. The molecule has 1 aliphatic heterocycles. The van der Waals surface area contributed by atoms with Crippen LogP contribution in [0.5, 0.6) is 0 Å². The number of hydrogen-bond acceptors (Lipinski definition) is 4. The summed E-state index contributed by atoms with van der Waals surface area (Å²) in [5, 5.41) is 0.920. The summed E-state index contributed by atoms with van der Waals surface area (Å²) < 4.78 is 21.9. The molecule has 2 aromatic heterocycles. The SMILES string of the molecule is CSc1ccc(-c2cc3c(cc2F)nc2n3CCOC2)cn1. The minimum Gasteiger partial charge on any atom is -0.372 e. The Morgan fingerprint density at radius 2 is 2.23 bits per heavy atom. The van der Waals surface area contributed by atoms with Crippen LogP contribution in [-0.2, 0) is 17.9 Å². The summed E-state index contributed by atoms with van der Waals surface area (Å²) in [6, 6.07) is 7.17. The van der Waals surface area contributed by atoms with E-state index in [9.17, 15) is 4.39 Å². The van der Waals surface area contributed by atoms with Gasteiger partial charge in [0, 0.05) is 29.9 Å². The Kier molecular flexibility index (Phi) is 3.35. The quantitative estimate of drug-likeness (QED) is 0.679. The zero-order valence-corrected chi connectivity index (χ0v) is 12.9. The van der Waals surface area contributed by atoms with Crippen LogP contribution in [0, 0.1) is 5.82 Å². The van der Waals surface area contributed by atoms with Crippen molar-refractivity contribution in [3.8, 4) is 11.1 Å². The standard InChI is InChI=1S/C16H14FN3OS/c1-22-16-3-2-10(8-18-16)11-6-14-13(7-12(11)17)19-15-9-21-5-4-20(14)15/h2-3,6-8H,4-5,9H2,1H3. The van der Waals surface area contributed by atoms with Crippen LogP contribution in [0.4, 0.5) is 4.39 Å². The van der Waals surface area contributed by atoms with Gasteiger partial charge in [-0.2, -0.15) is 0 Å². The first kappa shape index (κ1) is 13.7. The van der Waals surface area contributed by atoms with Crippen LogP contribution < -0.4 is 0 Å². The van der Waals surface area contributed by atoms with Gasteiger partial charge in [0.1, 0.15) is 18.2 Å². The lowest BCUT2D eigenvalue weighted by Crippen LogP contribution is -2.16. The van der Waals surface area contributed by atoms with Gasteiger partial charge in [-0.1, -0.05) is 6.07 Å². The van der Waals surface area contributed by atoms with Gasteiger partial charge < -0.3 is 9.30 Å². The van der Waals surface area contributed by atoms with Crippen molar-refractivity contribution in [2.45, 2.75) is 18.2 Å². The Morgan fingerprint density at radius 1 is 1.32 bits per heavy atom. The van der Waals surface area contributed by atoms with Crippen LogP contribution in [0.2, 0.25) is 0 Å². The number of imidazole rings is 1. The predicted octanol–water partition coefficient (Wildman–Crippen LogP) is 3.49. The van der Waals surface area contributed by atoms with Crippen molar-refractivity contribution in [1.82, 2.24) is 14.5 Å². The maximum Gasteiger partial charge on any atom is 0.136 e. The Hall–Kier alpha value is -1.92. The molecule has 0 saturated heterocycles. The molecule has 1 aromatic carbocycles. The van der Waals surface area contributed by atoms with Gasteiger partial charge in [-0.25, -0.2) is 14.4 Å². The normalized spacial score (nSPS) is 14.3. The van der Waals surface area contributed by atoms with Crippen LogP contribution in [0.3, 0.4) is 0 Å². The summed E-state index contributed by atoms with van der Waals surface area (Å²) >= 11 is 1.57. The molecule has 0 saturated carbocycles. The lowest BCUT2D eigenvalue weighted by atomic mass is 10.1. The second-order valence-corrected chi connectivity index (χ2v) is 5.97. The van der Waals surface area contributed by atoms with Gasteiger partial charge in [0.15, 0.2) is 0 Å². The van der Waals surface area contributed by atoms with Crippen molar-refractivity contribution in [3.63, 3.8) is 0 Å². The minimum absolute atomic E-state index is 0.275. The van der Waals surface area contributed by atoms with E-state index in [0.29, 0.717) is 24.3 Å². The van der Waals surface area contributed by atoms with E-state index in [1.165, 1.54) is 6.07 Å². The van der Waals surface area contributed by atoms with Crippen LogP contribution >= 0.6 is 11.8 Å². The monoisotopic (exact) mass is 315 g/mol. The van der Waals surface area contributed by atoms with E-state index in [2.05, 4.69) is 14.5 Å². The number of fused-ring (bicyclic) bond motifs is 3. The average molecular weight is 315 g/mol. The molecule has 0 fully saturated rings. The molecule has 0 unspecified atom stereocenters. The third kappa shape index (κ3) is 2.19. The summed E-state index contributed by atoms with van der Waals surface area (Å²) in [4.78, 5) is 8.78. The molecule has 22 heavy (non-hydrogen) atoms. The van der Waals surface area contributed by atoms with Crippen LogP contribution in [0.25, 0.3) is 22.2 Å². The van der Waals surface area contributed by atoms with Crippen molar-refractivity contribution in [3.05, 3.63) is 42.1 Å². The highest BCUT2D eigenvalue weighted by Gasteiger charge is 2.17. The second kappa shape index (κ2) is 5.37. The molecular formula is C16H14FN3OS. The van der Waals surface area contributed by atoms with E-state index >= 15 is 0 Å². The molecule has 0 spiro atoms. The molecule has 6 heteroatoms. The van der Waals surface area contributed by atoms with Crippen molar-refractivity contribution < 1.29 is 9.13 Å². The molecule has 0 aliphatic carbocycles. The number of rotatable bonds is 2. The third-order valence-corrected chi connectivity index (χ3v) is 4.52. The number of aromatic nitrogens is 3. The fraction of sp³-hybridized carbons (Fsp3) is 0.250. The largest absolute Gasteiger partial charge is 0.372 e. The van der Waals surface area contributed by atoms with Gasteiger partial charge in [0.05, 0.1) is 22.7 Å². The number of benzene rings is 1. The third-order valence-electron chi connectivity index (χ3n) is 3.86. The number of hydrogen-bond donors (Lipinski definition) is 0. The number of ether oxygens (including phenoxy) is 1. The Morgan fingerprint density at radius 3 is 3.00 bits per heavy atom. The van der Waals surface area contributed by atoms with Crippen LogP contribution in [0.1, 0.15) is 5.82 Å². The number of halogens is 1. The molecule has 3 aromatic rings. The van der Waals surface area contributed by atoms with E-state index in [1.54, 1.807) is 18.0 Å². The van der Waals surface area contributed by atoms with Crippen LogP contribution in [-0.4, -0.2) is 27.4 Å². The fourth-order valence-corrected chi connectivity index (χ4v) is 3.12. The smallest absolute Gasteiger partial charge is 0.136 e. The minimum atomic E-state index is -0.275. The van der Waals surface area contributed by atoms with Crippen molar-refractivity contribution in [1.29, 1.82) is 0 Å². The Labute approximate surface area is 131 Å². The van der Waals surface area contributed by atoms with Crippen molar-refractivity contribution in [2.24, 2.45) is 0 Å². The average Bonchev–Trinajstić information content (AvgIpc) is 2.91. The molecular weight excluding hydrogens is 301 g/mol. The Balaban J connectivity index is 1.87. The fourth-order valence-electron chi connectivity index (χ4n) is 2.76. The lowest BCUT2D eigenvalue weighted by Gasteiger charge is -2.15. The highest BCUT2D eigenvalue weighted by atomic mass is 32.2. The number of thioether (sulfide) groups is 1. The topological polar surface area (TPSA) is 39.9 Å². The maximum absolute atomic E-state index is 14.4. The van der Waals surface area contributed by atoms with Gasteiger partial charge in [0.2, 0.25) is 0 Å². The van der Waals surface area contributed by atoms with E-state index in [1.807, 2.05) is 24.5 Å². The van der Waals surface area contributed by atoms with Crippen LogP contribution in [0.15, 0.2) is 35.5 Å². The zero-order valence-electron chi connectivity index (χ0n) is 12.0. The van der Waals surface area contributed by atoms with Crippen molar-refractivity contribution in [2.75, 3.05) is 12.9 Å². The van der Waals surface area contributed by atoms with Gasteiger partial charge in [0.25, 0.3) is 0 Å². The zero-order chi connectivity index (χ0) is 15.1. The lowest BCUT2D eigenvalue weighted by molar-refractivity contribution is 0.0830. The van der Waals surface area contributed by atoms with E-state index in [0.717, 1.165) is 28.5 Å². The first-order valence-corrected chi connectivity index (χ1v) is 8.25. The molecule has 4 nitrogen and oxygen atoms in total. The van der Waals surface area contributed by atoms with E-state index in [-0.39, 0.29) is 5.82 Å². The second-order valence-electron chi connectivity index (χ2n) is 5.14. The highest BCUT2D eigenvalue weighted by Crippen LogP contribution is 2.29. The molecule has 0 amide bonds. The summed E-state index contributed by atoms with van der Waals surface area (Å²) in [5.41, 5.74) is 2.96. The summed E-state index contributed by atoms with van der Waals surface area (Å²) in [5.74, 6) is 0.580. The Bertz CT molecular complexity index is 845. The summed E-state index contributed by atoms with van der Waals surface area (Å²) in [6.45, 7) is 1.89. The molecule has 3 heterocycles. The molecule has 0 N–H and O–H groups in total. The molecule has 4 rings (SSSR count). The van der Waals surface area contributed by atoms with Gasteiger partial charge in [-0.15, -0.1) is 11.8 Å². The van der Waals surface area contributed by atoms with Gasteiger partial charge in [-0.3, -0.25) is 0 Å². The highest BCUT2D eigenvalue weighted by molar-refractivity contribution is 7.98. The van der Waals surface area contributed by atoms with E-state index in [4.69, 9.17) is 4.74 Å². The summed E-state index contributed by atoms with van der Waals surface area (Å²) in [7, 11) is 0. The maximum atomic E-state index is 14.4. The van der Waals surface area contributed by atoms with Crippen molar-refractivity contribution >= 4 is 22.8 Å². The van der Waals surface area contributed by atoms with Gasteiger partial charge in [-0.05, 0) is 18.4 Å². The summed E-state index contributed by atoms with van der Waals surface area (Å²) in [6.07, 6.45) is 3.68. The molecule has 112 valence electrons. The predicted molar refractivity (Wildman–Crippen MR) is 84.4 cm³/mol. The first-order chi connectivity index (χ1) is 10.8. The molecule has 1 aliphatic rings. The number of pyridine rings is 1. The van der Waals surface area contributed by atoms with Gasteiger partial charge >= 0.3 is 0 Å². The first-order valence-electron chi connectivity index (χ1n) is 7.03.